The number of H-pyrrole nitrogens is 1. The van der Waals surface area contributed by atoms with Crippen molar-refractivity contribution in [3.8, 4) is 0 Å². The summed E-state index contributed by atoms with van der Waals surface area (Å²) in [5.74, 6) is 0.681. The molecule has 1 unspecified atom stereocenters. The van der Waals surface area contributed by atoms with Gasteiger partial charge in [-0.2, -0.15) is 15.1 Å². The van der Waals surface area contributed by atoms with Crippen molar-refractivity contribution in [2.24, 2.45) is 0 Å². The number of urea groups is 1. The highest BCUT2D eigenvalue weighted by molar-refractivity contribution is 6.28. The van der Waals surface area contributed by atoms with E-state index < -0.39 is 5.60 Å². The van der Waals surface area contributed by atoms with Gasteiger partial charge in [0.25, 0.3) is 0 Å². The van der Waals surface area contributed by atoms with Gasteiger partial charge in [-0.05, 0) is 61.1 Å². The summed E-state index contributed by atoms with van der Waals surface area (Å²) >= 11 is 6.07. The molecule has 194 valence electrons. The Morgan fingerprint density at radius 1 is 1.28 bits per heavy atom. The Morgan fingerprint density at radius 2 is 2.03 bits per heavy atom. The predicted molar refractivity (Wildman–Crippen MR) is 143 cm³/mol. The molecule has 0 radical (unpaired) electrons. The normalized spacial score (nSPS) is 18.2. The van der Waals surface area contributed by atoms with E-state index in [1.54, 1.807) is 6.20 Å². The van der Waals surface area contributed by atoms with Gasteiger partial charge in [0, 0.05) is 31.9 Å². The molecule has 1 fully saturated rings. The van der Waals surface area contributed by atoms with Crippen LogP contribution in [0.15, 0.2) is 30.5 Å². The number of rotatable bonds is 8. The summed E-state index contributed by atoms with van der Waals surface area (Å²) in [6.07, 6.45) is 3.06. The van der Waals surface area contributed by atoms with Gasteiger partial charge in [-0.3, -0.25) is 5.10 Å². The minimum Gasteiger partial charge on any atom is -0.387 e. The zero-order valence-electron chi connectivity index (χ0n) is 21.3. The molecule has 0 spiro atoms. The van der Waals surface area contributed by atoms with Crippen molar-refractivity contribution in [3.05, 3.63) is 41.3 Å². The lowest BCUT2D eigenvalue weighted by Crippen LogP contribution is -2.44. The first-order valence-corrected chi connectivity index (χ1v) is 12.6. The molecule has 0 aliphatic carbocycles. The van der Waals surface area contributed by atoms with Gasteiger partial charge >= 0.3 is 6.03 Å². The average Bonchev–Trinajstić information content (AvgIpc) is 3.42. The summed E-state index contributed by atoms with van der Waals surface area (Å²) < 4.78 is 0. The number of amides is 2. The highest BCUT2D eigenvalue weighted by Gasteiger charge is 2.38. The van der Waals surface area contributed by atoms with Crippen LogP contribution < -0.4 is 15.5 Å². The standard InChI is InChI=1S/C25H35ClN8O2/c1-24(2,3)17-6-8-18(9-7-17)29-23(35)27-11-5-12-33(4)15-25(36)10-13-34(16-25)21-19-14-28-32-20(19)30-22(26)31-21/h6-9,14,36H,5,10-13,15-16H2,1-4H3,(H2,27,29,35)(H,28,30,31,32). The Labute approximate surface area is 216 Å². The Morgan fingerprint density at radius 3 is 2.75 bits per heavy atom. The van der Waals surface area contributed by atoms with Crippen molar-refractivity contribution in [2.75, 3.05) is 50.0 Å². The van der Waals surface area contributed by atoms with Crippen LogP contribution in [0.3, 0.4) is 0 Å². The fourth-order valence-electron chi connectivity index (χ4n) is 4.56. The van der Waals surface area contributed by atoms with E-state index in [0.717, 1.165) is 24.0 Å². The molecule has 3 aromatic rings. The number of β-amino-alcohol motifs (C(OH)–C–C–N with tert-alkyl or cyclic N) is 1. The number of aromatic nitrogens is 4. The second kappa shape index (κ2) is 10.6. The van der Waals surface area contributed by atoms with Crippen LogP contribution in [-0.2, 0) is 5.41 Å². The molecular weight excluding hydrogens is 480 g/mol. The lowest BCUT2D eigenvalue weighted by molar-refractivity contribution is 0.0298. The Bertz CT molecular complexity index is 1190. The largest absolute Gasteiger partial charge is 0.387 e. The van der Waals surface area contributed by atoms with E-state index in [9.17, 15) is 9.90 Å². The van der Waals surface area contributed by atoms with Crippen LogP contribution in [-0.4, -0.2) is 81.6 Å². The third kappa shape index (κ3) is 6.43. The van der Waals surface area contributed by atoms with Crippen LogP contribution in [0, 0.1) is 0 Å². The Kier molecular flexibility index (Phi) is 7.67. The summed E-state index contributed by atoms with van der Waals surface area (Å²) in [5.41, 5.74) is 1.78. The number of nitrogens with one attached hydrogen (secondary N) is 3. The number of benzene rings is 1. The topological polar surface area (TPSA) is 122 Å². The van der Waals surface area contributed by atoms with E-state index in [1.165, 1.54) is 5.56 Å². The molecule has 1 aliphatic rings. The number of halogens is 1. The van der Waals surface area contributed by atoms with E-state index in [-0.39, 0.29) is 16.7 Å². The number of hydrogen-bond donors (Lipinski definition) is 4. The second-order valence-electron chi connectivity index (χ2n) is 10.6. The van der Waals surface area contributed by atoms with Gasteiger partial charge in [-0.15, -0.1) is 0 Å². The van der Waals surface area contributed by atoms with Gasteiger partial charge in [0.15, 0.2) is 5.65 Å². The lowest BCUT2D eigenvalue weighted by atomic mass is 9.87. The molecule has 1 saturated heterocycles. The van der Waals surface area contributed by atoms with Crippen molar-refractivity contribution in [2.45, 2.75) is 44.6 Å². The van der Waals surface area contributed by atoms with Crippen LogP contribution in [0.25, 0.3) is 11.0 Å². The van der Waals surface area contributed by atoms with E-state index in [2.05, 4.69) is 56.5 Å². The quantitative estimate of drug-likeness (QED) is 0.268. The Balaban J connectivity index is 1.20. The number of fused-ring (bicyclic) bond motifs is 1. The van der Waals surface area contributed by atoms with Crippen LogP contribution in [0.4, 0.5) is 16.3 Å². The highest BCUT2D eigenvalue weighted by atomic mass is 35.5. The number of carbonyl (C=O) groups excluding carboxylic acids is 1. The number of likely N-dealkylation sites (N-methyl/N-ethyl adjacent to an activating group) is 1. The third-order valence-electron chi connectivity index (χ3n) is 6.47. The molecule has 10 nitrogen and oxygen atoms in total. The van der Waals surface area contributed by atoms with Crippen molar-refractivity contribution in [3.63, 3.8) is 0 Å². The van der Waals surface area contributed by atoms with E-state index in [4.69, 9.17) is 11.6 Å². The van der Waals surface area contributed by atoms with Gasteiger partial charge in [-0.25, -0.2) is 4.79 Å². The number of carbonyl (C=O) groups is 1. The van der Waals surface area contributed by atoms with E-state index >= 15 is 0 Å². The number of hydrogen-bond acceptors (Lipinski definition) is 7. The summed E-state index contributed by atoms with van der Waals surface area (Å²) in [6.45, 7) is 9.39. The number of aromatic amines is 1. The number of nitrogens with zero attached hydrogens (tertiary/aromatic N) is 5. The summed E-state index contributed by atoms with van der Waals surface area (Å²) in [5, 5.41) is 24.8. The smallest absolute Gasteiger partial charge is 0.319 e. The van der Waals surface area contributed by atoms with Crippen LogP contribution in [0.5, 0.6) is 0 Å². The molecule has 1 atom stereocenters. The van der Waals surface area contributed by atoms with Crippen LogP contribution >= 0.6 is 11.6 Å². The molecule has 3 heterocycles. The monoisotopic (exact) mass is 514 g/mol. The zero-order valence-corrected chi connectivity index (χ0v) is 22.1. The molecule has 1 aromatic carbocycles. The van der Waals surface area contributed by atoms with Gasteiger partial charge in [-0.1, -0.05) is 32.9 Å². The fraction of sp³-hybridized carbons (Fsp3) is 0.520. The van der Waals surface area contributed by atoms with E-state index in [1.807, 2.05) is 36.2 Å². The van der Waals surface area contributed by atoms with Crippen molar-refractivity contribution in [1.82, 2.24) is 30.4 Å². The first-order chi connectivity index (χ1) is 17.0. The molecule has 2 aromatic heterocycles. The van der Waals surface area contributed by atoms with Crippen molar-refractivity contribution in [1.29, 1.82) is 0 Å². The minimum absolute atomic E-state index is 0.0761. The van der Waals surface area contributed by atoms with Gasteiger partial charge in [0.1, 0.15) is 5.82 Å². The lowest BCUT2D eigenvalue weighted by Gasteiger charge is -2.29. The molecule has 0 bridgehead atoms. The summed E-state index contributed by atoms with van der Waals surface area (Å²) in [4.78, 5) is 24.9. The van der Waals surface area contributed by atoms with Crippen LogP contribution in [0.2, 0.25) is 5.28 Å². The maximum absolute atomic E-state index is 12.2. The first-order valence-electron chi connectivity index (χ1n) is 12.2. The van der Waals surface area contributed by atoms with Crippen molar-refractivity contribution < 1.29 is 9.90 Å². The minimum atomic E-state index is -0.869. The predicted octanol–water partition coefficient (Wildman–Crippen LogP) is 3.39. The first kappa shape index (κ1) is 26.1. The van der Waals surface area contributed by atoms with Gasteiger partial charge < -0.3 is 25.5 Å². The molecule has 0 saturated carbocycles. The third-order valence-corrected chi connectivity index (χ3v) is 6.64. The average molecular weight is 515 g/mol. The summed E-state index contributed by atoms with van der Waals surface area (Å²) in [7, 11) is 1.98. The summed E-state index contributed by atoms with van der Waals surface area (Å²) in [6, 6.07) is 7.70. The molecule has 1 aliphatic heterocycles. The van der Waals surface area contributed by atoms with E-state index in [0.29, 0.717) is 44.1 Å². The number of aliphatic hydroxyl groups is 1. The second-order valence-corrected chi connectivity index (χ2v) is 11.0. The molecule has 36 heavy (non-hydrogen) atoms. The highest BCUT2D eigenvalue weighted by Crippen LogP contribution is 2.31. The maximum Gasteiger partial charge on any atom is 0.319 e. The molecule has 2 amide bonds. The van der Waals surface area contributed by atoms with Crippen molar-refractivity contribution >= 4 is 40.2 Å². The van der Waals surface area contributed by atoms with Gasteiger partial charge in [0.05, 0.1) is 17.2 Å². The Hall–Kier alpha value is -2.95. The molecular formula is C25H35ClN8O2. The molecule has 4 N–H and O–H groups in total. The molecule has 4 rings (SSSR count). The van der Waals surface area contributed by atoms with Crippen LogP contribution in [0.1, 0.15) is 39.2 Å². The number of anilines is 2. The molecule has 11 heteroatoms. The van der Waals surface area contributed by atoms with Gasteiger partial charge in [0.2, 0.25) is 5.28 Å². The maximum atomic E-state index is 12.2. The SMILES string of the molecule is CN(CCCNC(=O)Nc1ccc(C(C)(C)C)cc1)CC1(O)CCN(c2nc(Cl)nc3[nH]ncc23)C1. The fourth-order valence-corrected chi connectivity index (χ4v) is 4.73. The zero-order chi connectivity index (χ0) is 25.9.